The fourth-order valence-electron chi connectivity index (χ4n) is 3.37. The predicted octanol–water partition coefficient (Wildman–Crippen LogP) is 3.90. The van der Waals surface area contributed by atoms with Gasteiger partial charge < -0.3 is 15.2 Å². The summed E-state index contributed by atoms with van der Waals surface area (Å²) in [6, 6.07) is 8.59. The normalized spacial score (nSPS) is 13.4. The van der Waals surface area contributed by atoms with Crippen molar-refractivity contribution in [2.45, 2.75) is 45.6 Å². The number of hydrogen-bond acceptors (Lipinski definition) is 4. The summed E-state index contributed by atoms with van der Waals surface area (Å²) in [7, 11) is 0. The highest BCUT2D eigenvalue weighted by Crippen LogP contribution is 2.31. The molecule has 1 aliphatic rings. The lowest BCUT2D eigenvalue weighted by Gasteiger charge is -2.11. The quantitative estimate of drug-likeness (QED) is 0.620. The van der Waals surface area contributed by atoms with Crippen molar-refractivity contribution in [3.8, 4) is 11.1 Å². The van der Waals surface area contributed by atoms with Gasteiger partial charge in [0.05, 0.1) is 6.42 Å². The SMILES string of the molecule is CCCNC(=O)Cc1noc2cc(-c3cc(C(=O)NC4CC4)cc(F)c3C)ccc12. The number of rotatable bonds is 7. The van der Waals surface area contributed by atoms with Crippen LogP contribution in [-0.4, -0.2) is 29.6 Å². The Morgan fingerprint density at radius 2 is 2.03 bits per heavy atom. The Bertz CT molecular complexity index is 1120. The van der Waals surface area contributed by atoms with E-state index in [0.29, 0.717) is 34.5 Å². The number of aromatic nitrogens is 1. The van der Waals surface area contributed by atoms with Gasteiger partial charge in [-0.15, -0.1) is 0 Å². The third-order valence-electron chi connectivity index (χ3n) is 5.28. The lowest BCUT2D eigenvalue weighted by Crippen LogP contribution is -2.25. The van der Waals surface area contributed by atoms with E-state index in [2.05, 4.69) is 15.8 Å². The number of hydrogen-bond donors (Lipinski definition) is 2. The average Bonchev–Trinajstić information content (AvgIpc) is 3.46. The lowest BCUT2D eigenvalue weighted by atomic mass is 9.96. The van der Waals surface area contributed by atoms with Crippen LogP contribution in [0.15, 0.2) is 34.9 Å². The summed E-state index contributed by atoms with van der Waals surface area (Å²) in [4.78, 5) is 24.4. The van der Waals surface area contributed by atoms with Gasteiger partial charge in [0.1, 0.15) is 11.5 Å². The largest absolute Gasteiger partial charge is 0.356 e. The molecule has 1 heterocycles. The van der Waals surface area contributed by atoms with Crippen LogP contribution in [-0.2, 0) is 11.2 Å². The van der Waals surface area contributed by atoms with Gasteiger partial charge in [-0.2, -0.15) is 0 Å². The average molecular weight is 409 g/mol. The first-order valence-electron chi connectivity index (χ1n) is 10.2. The molecule has 2 aromatic carbocycles. The molecule has 3 aromatic rings. The highest BCUT2D eigenvalue weighted by molar-refractivity contribution is 5.97. The van der Waals surface area contributed by atoms with E-state index in [1.807, 2.05) is 19.1 Å². The third kappa shape index (κ3) is 4.20. The van der Waals surface area contributed by atoms with Gasteiger partial charge in [-0.1, -0.05) is 18.1 Å². The van der Waals surface area contributed by atoms with Crippen molar-refractivity contribution < 1.29 is 18.5 Å². The van der Waals surface area contributed by atoms with Gasteiger partial charge in [-0.05, 0) is 67.1 Å². The molecule has 0 radical (unpaired) electrons. The van der Waals surface area contributed by atoms with Crippen molar-refractivity contribution in [2.75, 3.05) is 6.54 Å². The topological polar surface area (TPSA) is 84.2 Å². The summed E-state index contributed by atoms with van der Waals surface area (Å²) in [5, 5.41) is 10.5. The highest BCUT2D eigenvalue weighted by Gasteiger charge is 2.24. The maximum Gasteiger partial charge on any atom is 0.251 e. The molecule has 0 saturated heterocycles. The molecule has 0 unspecified atom stereocenters. The zero-order chi connectivity index (χ0) is 21.3. The molecule has 6 nitrogen and oxygen atoms in total. The molecule has 0 spiro atoms. The van der Waals surface area contributed by atoms with Crippen LogP contribution in [0.4, 0.5) is 4.39 Å². The number of carbonyl (C=O) groups excluding carboxylic acids is 2. The Labute approximate surface area is 173 Å². The second-order valence-electron chi connectivity index (χ2n) is 7.75. The standard InChI is InChI=1S/C23H24FN3O3/c1-3-8-25-22(28)12-20-17-7-4-14(11-21(17)30-27-20)18-9-15(10-19(24)13(18)2)23(29)26-16-5-6-16/h4,7,9-11,16H,3,5-6,8,12H2,1-2H3,(H,25,28)(H,26,29). The molecule has 156 valence electrons. The van der Waals surface area contributed by atoms with Crippen LogP contribution in [0, 0.1) is 12.7 Å². The minimum Gasteiger partial charge on any atom is -0.356 e. The van der Waals surface area contributed by atoms with Gasteiger partial charge in [-0.25, -0.2) is 4.39 Å². The summed E-state index contributed by atoms with van der Waals surface area (Å²) < 4.78 is 20.0. The minimum absolute atomic E-state index is 0.108. The van der Waals surface area contributed by atoms with Crippen molar-refractivity contribution >= 4 is 22.8 Å². The van der Waals surface area contributed by atoms with E-state index in [9.17, 15) is 14.0 Å². The zero-order valence-corrected chi connectivity index (χ0v) is 17.0. The van der Waals surface area contributed by atoms with E-state index < -0.39 is 5.82 Å². The summed E-state index contributed by atoms with van der Waals surface area (Å²) in [5.41, 5.74) is 3.17. The molecular formula is C23H24FN3O3. The third-order valence-corrected chi connectivity index (χ3v) is 5.28. The van der Waals surface area contributed by atoms with Crippen molar-refractivity contribution in [3.05, 3.63) is 53.0 Å². The Balaban J connectivity index is 1.63. The number of fused-ring (bicyclic) bond motifs is 1. The maximum absolute atomic E-state index is 14.5. The monoisotopic (exact) mass is 409 g/mol. The summed E-state index contributed by atoms with van der Waals surface area (Å²) in [6.07, 6.45) is 2.93. The second kappa shape index (κ2) is 8.26. The van der Waals surface area contributed by atoms with Gasteiger partial charge in [0, 0.05) is 23.5 Å². The fourth-order valence-corrected chi connectivity index (χ4v) is 3.37. The van der Waals surface area contributed by atoms with E-state index in [4.69, 9.17) is 4.52 Å². The predicted molar refractivity (Wildman–Crippen MR) is 112 cm³/mol. The van der Waals surface area contributed by atoms with E-state index in [1.54, 1.807) is 19.1 Å². The molecule has 1 saturated carbocycles. The molecule has 4 rings (SSSR count). The van der Waals surface area contributed by atoms with Crippen LogP contribution in [0.2, 0.25) is 0 Å². The maximum atomic E-state index is 14.5. The first-order chi connectivity index (χ1) is 14.5. The number of benzene rings is 2. The van der Waals surface area contributed by atoms with Crippen molar-refractivity contribution in [3.63, 3.8) is 0 Å². The van der Waals surface area contributed by atoms with Crippen LogP contribution in [0.5, 0.6) is 0 Å². The zero-order valence-electron chi connectivity index (χ0n) is 17.0. The number of amides is 2. The van der Waals surface area contributed by atoms with Crippen molar-refractivity contribution in [1.82, 2.24) is 15.8 Å². The Hall–Kier alpha value is -3.22. The number of nitrogens with zero attached hydrogens (tertiary/aromatic N) is 1. The van der Waals surface area contributed by atoms with Crippen LogP contribution in [0.25, 0.3) is 22.1 Å². The van der Waals surface area contributed by atoms with E-state index in [0.717, 1.165) is 30.2 Å². The molecule has 2 N–H and O–H groups in total. The molecule has 1 fully saturated rings. The first-order valence-corrected chi connectivity index (χ1v) is 10.2. The minimum atomic E-state index is -0.431. The molecule has 1 aliphatic carbocycles. The number of nitrogens with one attached hydrogen (secondary N) is 2. The lowest BCUT2D eigenvalue weighted by molar-refractivity contribution is -0.120. The van der Waals surface area contributed by atoms with Gasteiger partial charge in [0.25, 0.3) is 5.91 Å². The number of halogens is 1. The molecular weight excluding hydrogens is 385 g/mol. The van der Waals surface area contributed by atoms with Gasteiger partial charge in [0.2, 0.25) is 5.91 Å². The fraction of sp³-hybridized carbons (Fsp3) is 0.348. The van der Waals surface area contributed by atoms with Crippen LogP contribution >= 0.6 is 0 Å². The van der Waals surface area contributed by atoms with E-state index >= 15 is 0 Å². The van der Waals surface area contributed by atoms with Crippen LogP contribution < -0.4 is 10.6 Å². The summed E-state index contributed by atoms with van der Waals surface area (Å²) >= 11 is 0. The Morgan fingerprint density at radius 3 is 2.77 bits per heavy atom. The molecule has 0 bridgehead atoms. The molecule has 7 heteroatoms. The molecule has 30 heavy (non-hydrogen) atoms. The Kier molecular flexibility index (Phi) is 5.53. The Morgan fingerprint density at radius 1 is 1.23 bits per heavy atom. The molecule has 2 amide bonds. The van der Waals surface area contributed by atoms with Crippen LogP contribution in [0.3, 0.4) is 0 Å². The van der Waals surface area contributed by atoms with Crippen LogP contribution in [0.1, 0.15) is 47.8 Å². The van der Waals surface area contributed by atoms with Crippen molar-refractivity contribution in [1.29, 1.82) is 0 Å². The van der Waals surface area contributed by atoms with Gasteiger partial charge in [0.15, 0.2) is 5.58 Å². The van der Waals surface area contributed by atoms with Gasteiger partial charge >= 0.3 is 0 Å². The second-order valence-corrected chi connectivity index (χ2v) is 7.75. The van der Waals surface area contributed by atoms with Crippen molar-refractivity contribution in [2.24, 2.45) is 0 Å². The summed E-state index contributed by atoms with van der Waals surface area (Å²) in [5.74, 6) is -0.804. The molecule has 0 atom stereocenters. The molecule has 1 aromatic heterocycles. The first kappa shape index (κ1) is 20.1. The van der Waals surface area contributed by atoms with E-state index in [-0.39, 0.29) is 24.3 Å². The van der Waals surface area contributed by atoms with Gasteiger partial charge in [-0.3, -0.25) is 9.59 Å². The van der Waals surface area contributed by atoms with E-state index in [1.165, 1.54) is 6.07 Å². The summed E-state index contributed by atoms with van der Waals surface area (Å²) in [6.45, 7) is 4.29. The number of carbonyl (C=O) groups is 2. The smallest absolute Gasteiger partial charge is 0.251 e. The highest BCUT2D eigenvalue weighted by atomic mass is 19.1. The molecule has 0 aliphatic heterocycles.